The Hall–Kier alpha value is -4.14. The van der Waals surface area contributed by atoms with Gasteiger partial charge < -0.3 is 5.32 Å². The maximum Gasteiger partial charge on any atom is 0.416 e. The lowest BCUT2D eigenvalue weighted by Gasteiger charge is -2.13. The van der Waals surface area contributed by atoms with Gasteiger partial charge in [-0.25, -0.2) is 4.39 Å². The molecule has 0 radical (unpaired) electrons. The molecule has 0 bridgehead atoms. The van der Waals surface area contributed by atoms with Crippen molar-refractivity contribution in [2.75, 3.05) is 5.32 Å². The molecule has 0 saturated heterocycles. The van der Waals surface area contributed by atoms with E-state index in [1.807, 2.05) is 0 Å². The zero-order valence-corrected chi connectivity index (χ0v) is 17.1. The van der Waals surface area contributed by atoms with E-state index in [0.717, 1.165) is 18.2 Å². The molecular weight excluding hydrogens is 438 g/mol. The lowest BCUT2D eigenvalue weighted by atomic mass is 10.0. The Labute approximate surface area is 185 Å². The Balaban J connectivity index is 1.62. The highest BCUT2D eigenvalue weighted by molar-refractivity contribution is 6.11. The first-order valence-corrected chi connectivity index (χ1v) is 9.68. The summed E-state index contributed by atoms with van der Waals surface area (Å²) in [5, 5.41) is 2.41. The maximum absolute atomic E-state index is 14.4. The van der Waals surface area contributed by atoms with E-state index >= 15 is 0 Å². The molecule has 166 valence electrons. The molecule has 0 aliphatic rings. The quantitative estimate of drug-likeness (QED) is 0.324. The van der Waals surface area contributed by atoms with Crippen molar-refractivity contribution in [3.63, 3.8) is 0 Å². The molecule has 0 unspecified atom stereocenters. The van der Waals surface area contributed by atoms with E-state index in [9.17, 15) is 27.2 Å². The summed E-state index contributed by atoms with van der Waals surface area (Å²) in [7, 11) is 0. The van der Waals surface area contributed by atoms with Gasteiger partial charge in [-0.1, -0.05) is 6.07 Å². The fourth-order valence-electron chi connectivity index (χ4n) is 3.31. The molecule has 0 atom stereocenters. The van der Waals surface area contributed by atoms with Gasteiger partial charge in [0.1, 0.15) is 5.82 Å². The number of fused-ring (bicyclic) bond motifs is 1. The van der Waals surface area contributed by atoms with Crippen LogP contribution in [0.4, 0.5) is 23.2 Å². The molecule has 0 aliphatic carbocycles. The van der Waals surface area contributed by atoms with E-state index in [0.29, 0.717) is 11.0 Å². The Kier molecular flexibility index (Phi) is 5.63. The van der Waals surface area contributed by atoms with E-state index in [2.05, 4.69) is 15.3 Å². The summed E-state index contributed by atoms with van der Waals surface area (Å²) in [6.07, 6.45) is -1.65. The van der Waals surface area contributed by atoms with Crippen LogP contribution >= 0.6 is 0 Å². The van der Waals surface area contributed by atoms with Crippen LogP contribution in [0.1, 0.15) is 37.4 Å². The van der Waals surface area contributed by atoms with Crippen molar-refractivity contribution < 1.29 is 27.2 Å². The number of aromatic nitrogens is 2. The molecule has 0 aliphatic heterocycles. The van der Waals surface area contributed by atoms with Gasteiger partial charge in [-0.05, 0) is 61.0 Å². The number of carbonyl (C=O) groups is 2. The third-order valence-electron chi connectivity index (χ3n) is 5.01. The highest BCUT2D eigenvalue weighted by Crippen LogP contribution is 2.32. The van der Waals surface area contributed by atoms with Crippen LogP contribution in [0, 0.1) is 12.7 Å². The van der Waals surface area contributed by atoms with Gasteiger partial charge in [0.25, 0.3) is 5.91 Å². The van der Waals surface area contributed by atoms with E-state index in [1.54, 1.807) is 6.07 Å². The standard InChI is InChI=1S/C24H15F4N3O2/c1-13-2-3-15(10-18(13)24(26,27)28)23(33)31-16-5-6-19(25)17(12-16)22(32)14-4-7-20-21(11-14)30-9-8-29-20/h2-12H,1H3,(H,31,33). The summed E-state index contributed by atoms with van der Waals surface area (Å²) in [5.74, 6) is -2.29. The van der Waals surface area contributed by atoms with Gasteiger partial charge in [-0.2, -0.15) is 13.2 Å². The number of benzene rings is 3. The molecule has 4 aromatic rings. The smallest absolute Gasteiger partial charge is 0.322 e. The first-order valence-electron chi connectivity index (χ1n) is 9.68. The molecule has 4 rings (SSSR count). The number of hydrogen-bond donors (Lipinski definition) is 1. The normalized spacial score (nSPS) is 11.4. The van der Waals surface area contributed by atoms with Crippen LogP contribution in [0.5, 0.6) is 0 Å². The second-order valence-electron chi connectivity index (χ2n) is 7.27. The molecule has 0 fully saturated rings. The monoisotopic (exact) mass is 453 g/mol. The van der Waals surface area contributed by atoms with Crippen molar-refractivity contribution in [3.8, 4) is 0 Å². The predicted molar refractivity (Wildman–Crippen MR) is 114 cm³/mol. The molecule has 1 N–H and O–H groups in total. The number of carbonyl (C=O) groups excluding carboxylic acids is 2. The van der Waals surface area contributed by atoms with Crippen LogP contribution < -0.4 is 5.32 Å². The summed E-state index contributed by atoms with van der Waals surface area (Å²) >= 11 is 0. The average Bonchev–Trinajstić information content (AvgIpc) is 2.79. The lowest BCUT2D eigenvalue weighted by molar-refractivity contribution is -0.138. The highest BCUT2D eigenvalue weighted by atomic mass is 19.4. The van der Waals surface area contributed by atoms with Gasteiger partial charge in [-0.3, -0.25) is 19.6 Å². The lowest BCUT2D eigenvalue weighted by Crippen LogP contribution is -2.15. The number of hydrogen-bond acceptors (Lipinski definition) is 4. The van der Waals surface area contributed by atoms with Crippen LogP contribution in [-0.4, -0.2) is 21.7 Å². The van der Waals surface area contributed by atoms with Crippen LogP contribution in [0.3, 0.4) is 0 Å². The van der Waals surface area contributed by atoms with Crippen LogP contribution in [0.15, 0.2) is 67.0 Å². The number of nitrogens with zero attached hydrogens (tertiary/aromatic N) is 2. The molecule has 3 aromatic carbocycles. The molecule has 9 heteroatoms. The average molecular weight is 453 g/mol. The third-order valence-corrected chi connectivity index (χ3v) is 5.01. The summed E-state index contributed by atoms with van der Waals surface area (Å²) < 4.78 is 53.9. The van der Waals surface area contributed by atoms with Crippen molar-refractivity contribution in [3.05, 3.63) is 101 Å². The molecule has 5 nitrogen and oxygen atoms in total. The van der Waals surface area contributed by atoms with Gasteiger partial charge >= 0.3 is 6.18 Å². The largest absolute Gasteiger partial charge is 0.416 e. The van der Waals surface area contributed by atoms with Crippen LogP contribution in [0.2, 0.25) is 0 Å². The topological polar surface area (TPSA) is 72.0 Å². The number of nitrogens with one attached hydrogen (secondary N) is 1. The van der Waals surface area contributed by atoms with Crippen LogP contribution in [0.25, 0.3) is 11.0 Å². The predicted octanol–water partition coefficient (Wildman–Crippen LogP) is 5.58. The minimum Gasteiger partial charge on any atom is -0.322 e. The fourth-order valence-corrected chi connectivity index (χ4v) is 3.31. The minimum absolute atomic E-state index is 0.0196. The molecule has 1 aromatic heterocycles. The summed E-state index contributed by atoms with van der Waals surface area (Å²) in [4.78, 5) is 33.6. The molecule has 1 amide bonds. The summed E-state index contributed by atoms with van der Waals surface area (Å²) in [5.41, 5.74) is -0.245. The Morgan fingerprint density at radius 1 is 0.848 bits per heavy atom. The molecular formula is C24H15F4N3O2. The number of halogens is 4. The number of aryl methyl sites for hydroxylation is 1. The SMILES string of the molecule is Cc1ccc(C(=O)Nc2ccc(F)c(C(=O)c3ccc4nccnc4c3)c2)cc1C(F)(F)F. The first kappa shape index (κ1) is 22.1. The van der Waals surface area contributed by atoms with Crippen molar-refractivity contribution in [2.45, 2.75) is 13.1 Å². The van der Waals surface area contributed by atoms with E-state index in [1.165, 1.54) is 49.6 Å². The van der Waals surface area contributed by atoms with Crippen molar-refractivity contribution in [2.24, 2.45) is 0 Å². The minimum atomic E-state index is -4.61. The van der Waals surface area contributed by atoms with Gasteiger partial charge in [0.2, 0.25) is 0 Å². The fraction of sp³-hybridized carbons (Fsp3) is 0.0833. The third kappa shape index (κ3) is 4.57. The van der Waals surface area contributed by atoms with Gasteiger partial charge in [0, 0.05) is 29.2 Å². The number of rotatable bonds is 4. The van der Waals surface area contributed by atoms with E-state index in [-0.39, 0.29) is 27.9 Å². The Bertz CT molecular complexity index is 1400. The van der Waals surface area contributed by atoms with Crippen molar-refractivity contribution in [1.82, 2.24) is 9.97 Å². The van der Waals surface area contributed by atoms with Gasteiger partial charge in [-0.15, -0.1) is 0 Å². The maximum atomic E-state index is 14.4. The van der Waals surface area contributed by atoms with E-state index < -0.39 is 29.2 Å². The molecule has 0 spiro atoms. The Morgan fingerprint density at radius 3 is 2.27 bits per heavy atom. The second-order valence-corrected chi connectivity index (χ2v) is 7.27. The Morgan fingerprint density at radius 2 is 1.55 bits per heavy atom. The summed E-state index contributed by atoms with van der Waals surface area (Å²) in [6.45, 7) is 1.29. The highest BCUT2D eigenvalue weighted by Gasteiger charge is 2.33. The van der Waals surface area contributed by atoms with Crippen molar-refractivity contribution in [1.29, 1.82) is 0 Å². The second kappa shape index (κ2) is 8.42. The number of anilines is 1. The van der Waals surface area contributed by atoms with Crippen LogP contribution in [-0.2, 0) is 6.18 Å². The van der Waals surface area contributed by atoms with Gasteiger partial charge in [0.05, 0.1) is 22.2 Å². The molecule has 33 heavy (non-hydrogen) atoms. The van der Waals surface area contributed by atoms with Gasteiger partial charge in [0.15, 0.2) is 5.78 Å². The zero-order chi connectivity index (χ0) is 23.8. The van der Waals surface area contributed by atoms with E-state index in [4.69, 9.17) is 0 Å². The first-order chi connectivity index (χ1) is 15.6. The number of alkyl halides is 3. The number of amides is 1. The zero-order valence-electron chi connectivity index (χ0n) is 17.1. The molecule has 1 heterocycles. The number of ketones is 1. The molecule has 0 saturated carbocycles. The van der Waals surface area contributed by atoms with Crippen molar-refractivity contribution >= 4 is 28.4 Å². The summed E-state index contributed by atoms with van der Waals surface area (Å²) in [6, 6.07) is 11.1.